The molecule has 2 N–H and O–H groups in total. The molecular weight excluding hydrogens is 284 g/mol. The van der Waals surface area contributed by atoms with Gasteiger partial charge in [0.2, 0.25) is 10.0 Å². The molecule has 120 valence electrons. The van der Waals surface area contributed by atoms with Gasteiger partial charge in [-0.3, -0.25) is 0 Å². The molecule has 0 aliphatic rings. The first kappa shape index (κ1) is 18.1. The van der Waals surface area contributed by atoms with Crippen LogP contribution >= 0.6 is 0 Å². The second-order valence-corrected chi connectivity index (χ2v) is 7.65. The molecule has 0 aliphatic carbocycles. The summed E-state index contributed by atoms with van der Waals surface area (Å²) >= 11 is 0. The molecule has 1 aromatic carbocycles. The third-order valence-corrected chi connectivity index (χ3v) is 5.03. The zero-order chi connectivity index (χ0) is 15.9. The Morgan fingerprint density at radius 3 is 2.52 bits per heavy atom. The SMILES string of the molecule is CNCc1ccc(C)c(S(=O)(=O)NCCCCC(C)C)c1. The van der Waals surface area contributed by atoms with Gasteiger partial charge in [0, 0.05) is 13.1 Å². The fraction of sp³-hybridized carbons (Fsp3) is 0.625. The molecular formula is C16H28N2O2S. The molecule has 0 atom stereocenters. The van der Waals surface area contributed by atoms with Crippen molar-refractivity contribution >= 4 is 10.0 Å². The highest BCUT2D eigenvalue weighted by Gasteiger charge is 2.16. The molecule has 0 saturated heterocycles. The monoisotopic (exact) mass is 312 g/mol. The van der Waals surface area contributed by atoms with Crippen LogP contribution in [0.25, 0.3) is 0 Å². The van der Waals surface area contributed by atoms with Crippen LogP contribution in [0.4, 0.5) is 0 Å². The van der Waals surface area contributed by atoms with Crippen LogP contribution in [0, 0.1) is 12.8 Å². The summed E-state index contributed by atoms with van der Waals surface area (Å²) in [5.74, 6) is 0.669. The second kappa shape index (κ2) is 8.51. The third kappa shape index (κ3) is 6.16. The zero-order valence-electron chi connectivity index (χ0n) is 13.6. The Hall–Kier alpha value is -0.910. The Balaban J connectivity index is 2.67. The molecule has 21 heavy (non-hydrogen) atoms. The molecule has 0 saturated carbocycles. The van der Waals surface area contributed by atoms with Crippen LogP contribution in [0.15, 0.2) is 23.1 Å². The van der Waals surface area contributed by atoms with Gasteiger partial charge in [0.15, 0.2) is 0 Å². The highest BCUT2D eigenvalue weighted by atomic mass is 32.2. The van der Waals surface area contributed by atoms with Crippen molar-refractivity contribution in [3.05, 3.63) is 29.3 Å². The minimum absolute atomic E-state index is 0.388. The molecule has 5 heteroatoms. The number of sulfonamides is 1. The van der Waals surface area contributed by atoms with Crippen molar-refractivity contribution in [1.82, 2.24) is 10.0 Å². The summed E-state index contributed by atoms with van der Waals surface area (Å²) < 4.78 is 27.5. The maximum atomic E-state index is 12.4. The second-order valence-electron chi connectivity index (χ2n) is 5.92. The van der Waals surface area contributed by atoms with Crippen LogP contribution in [-0.4, -0.2) is 22.0 Å². The summed E-state index contributed by atoms with van der Waals surface area (Å²) in [6.07, 6.45) is 3.07. The quantitative estimate of drug-likeness (QED) is 0.689. The first-order valence-electron chi connectivity index (χ1n) is 7.60. The summed E-state index contributed by atoms with van der Waals surface area (Å²) in [6, 6.07) is 5.57. The number of nitrogens with one attached hydrogen (secondary N) is 2. The number of benzene rings is 1. The lowest BCUT2D eigenvalue weighted by Gasteiger charge is -2.11. The standard InChI is InChI=1S/C16H28N2O2S/c1-13(2)7-5-6-10-18-21(19,20)16-11-15(12-17-4)9-8-14(16)3/h8-9,11,13,17-18H,5-7,10,12H2,1-4H3. The van der Waals surface area contributed by atoms with Gasteiger partial charge in [0.25, 0.3) is 0 Å². The number of rotatable bonds is 9. The van der Waals surface area contributed by atoms with Crippen LogP contribution in [0.5, 0.6) is 0 Å². The predicted octanol–water partition coefficient (Wildman–Crippen LogP) is 2.82. The van der Waals surface area contributed by atoms with E-state index in [0.29, 0.717) is 23.9 Å². The van der Waals surface area contributed by atoms with Crippen molar-refractivity contribution in [3.63, 3.8) is 0 Å². The number of aryl methyl sites for hydroxylation is 1. The first-order chi connectivity index (χ1) is 9.86. The maximum absolute atomic E-state index is 12.4. The van der Waals surface area contributed by atoms with E-state index in [1.165, 1.54) is 0 Å². The lowest BCUT2D eigenvalue weighted by Crippen LogP contribution is -2.25. The Morgan fingerprint density at radius 2 is 1.90 bits per heavy atom. The Kier molecular flexibility index (Phi) is 7.35. The first-order valence-corrected chi connectivity index (χ1v) is 9.09. The minimum Gasteiger partial charge on any atom is -0.316 e. The molecule has 0 heterocycles. The maximum Gasteiger partial charge on any atom is 0.240 e. The normalized spacial score (nSPS) is 12.0. The lowest BCUT2D eigenvalue weighted by molar-refractivity contribution is 0.530. The topological polar surface area (TPSA) is 58.2 Å². The van der Waals surface area contributed by atoms with Crippen LogP contribution in [0.2, 0.25) is 0 Å². The van der Waals surface area contributed by atoms with Crippen LogP contribution < -0.4 is 10.0 Å². The van der Waals surface area contributed by atoms with Crippen molar-refractivity contribution in [2.24, 2.45) is 5.92 Å². The van der Waals surface area contributed by atoms with Crippen LogP contribution in [-0.2, 0) is 16.6 Å². The molecule has 0 fully saturated rings. The van der Waals surface area contributed by atoms with Gasteiger partial charge in [-0.2, -0.15) is 0 Å². The van der Waals surface area contributed by atoms with Gasteiger partial charge in [0.1, 0.15) is 0 Å². The summed E-state index contributed by atoms with van der Waals surface area (Å²) in [7, 11) is -1.56. The highest BCUT2D eigenvalue weighted by molar-refractivity contribution is 7.89. The molecule has 0 aromatic heterocycles. The van der Waals surface area contributed by atoms with Crippen molar-refractivity contribution in [3.8, 4) is 0 Å². The van der Waals surface area contributed by atoms with Gasteiger partial charge in [-0.1, -0.05) is 38.8 Å². The van der Waals surface area contributed by atoms with Gasteiger partial charge in [-0.15, -0.1) is 0 Å². The van der Waals surface area contributed by atoms with Gasteiger partial charge < -0.3 is 5.32 Å². The van der Waals surface area contributed by atoms with E-state index in [4.69, 9.17) is 0 Å². The lowest BCUT2D eigenvalue weighted by atomic mass is 10.1. The van der Waals surface area contributed by atoms with Crippen molar-refractivity contribution in [2.75, 3.05) is 13.6 Å². The molecule has 4 nitrogen and oxygen atoms in total. The van der Waals surface area contributed by atoms with Crippen LogP contribution in [0.1, 0.15) is 44.2 Å². The number of hydrogen-bond acceptors (Lipinski definition) is 3. The van der Waals surface area contributed by atoms with E-state index in [-0.39, 0.29) is 0 Å². The molecule has 0 bridgehead atoms. The van der Waals surface area contributed by atoms with E-state index in [1.807, 2.05) is 26.1 Å². The van der Waals surface area contributed by atoms with Crippen molar-refractivity contribution in [2.45, 2.75) is 51.5 Å². The molecule has 0 spiro atoms. The van der Waals surface area contributed by atoms with Gasteiger partial charge >= 0.3 is 0 Å². The van der Waals surface area contributed by atoms with E-state index in [1.54, 1.807) is 6.07 Å². The fourth-order valence-corrected chi connectivity index (χ4v) is 3.58. The van der Waals surface area contributed by atoms with Crippen molar-refractivity contribution in [1.29, 1.82) is 0 Å². The van der Waals surface area contributed by atoms with Gasteiger partial charge in [0.05, 0.1) is 4.90 Å². The average Bonchev–Trinajstić information content (AvgIpc) is 2.40. The highest BCUT2D eigenvalue weighted by Crippen LogP contribution is 2.17. The van der Waals surface area contributed by atoms with Crippen LogP contribution in [0.3, 0.4) is 0 Å². The van der Waals surface area contributed by atoms with Gasteiger partial charge in [-0.25, -0.2) is 13.1 Å². The summed E-state index contributed by atoms with van der Waals surface area (Å²) in [5.41, 5.74) is 1.76. The van der Waals surface area contributed by atoms with E-state index < -0.39 is 10.0 Å². The number of unbranched alkanes of at least 4 members (excludes halogenated alkanes) is 1. The third-order valence-electron chi connectivity index (χ3n) is 3.42. The van der Waals surface area contributed by atoms with E-state index in [0.717, 1.165) is 30.4 Å². The molecule has 1 aromatic rings. The Morgan fingerprint density at radius 1 is 1.19 bits per heavy atom. The summed E-state index contributed by atoms with van der Waals surface area (Å²) in [4.78, 5) is 0.388. The fourth-order valence-electron chi connectivity index (χ4n) is 2.21. The number of hydrogen-bond donors (Lipinski definition) is 2. The van der Waals surface area contributed by atoms with E-state index >= 15 is 0 Å². The largest absolute Gasteiger partial charge is 0.316 e. The molecule has 0 radical (unpaired) electrons. The molecule has 0 unspecified atom stereocenters. The summed E-state index contributed by atoms with van der Waals surface area (Å²) in [5, 5.41) is 3.04. The molecule has 0 aliphatic heterocycles. The Labute approximate surface area is 129 Å². The van der Waals surface area contributed by atoms with E-state index in [2.05, 4.69) is 23.9 Å². The predicted molar refractivity (Wildman–Crippen MR) is 87.8 cm³/mol. The smallest absolute Gasteiger partial charge is 0.240 e. The van der Waals surface area contributed by atoms with E-state index in [9.17, 15) is 8.42 Å². The molecule has 0 amide bonds. The minimum atomic E-state index is -3.41. The summed E-state index contributed by atoms with van der Waals surface area (Å²) in [6.45, 7) is 7.36. The van der Waals surface area contributed by atoms with Crippen molar-refractivity contribution < 1.29 is 8.42 Å². The van der Waals surface area contributed by atoms with Gasteiger partial charge in [-0.05, 0) is 43.5 Å². The Bertz CT molecular complexity index is 539. The molecule has 1 rings (SSSR count). The zero-order valence-corrected chi connectivity index (χ0v) is 14.4. The average molecular weight is 312 g/mol.